The van der Waals surface area contributed by atoms with Crippen molar-refractivity contribution in [2.45, 2.75) is 38.1 Å². The van der Waals surface area contributed by atoms with Gasteiger partial charge in [-0.25, -0.2) is 0 Å². The summed E-state index contributed by atoms with van der Waals surface area (Å²) < 4.78 is 8.16. The molecule has 3 aromatic rings. The molecule has 1 aromatic heterocycles. The third-order valence-corrected chi connectivity index (χ3v) is 5.31. The lowest BCUT2D eigenvalue weighted by Crippen LogP contribution is -2.10. The summed E-state index contributed by atoms with van der Waals surface area (Å²) in [5.74, 6) is 1.39. The maximum Gasteiger partial charge on any atom is 0.146 e. The quantitative estimate of drug-likeness (QED) is 0.431. The number of hydrogen-bond donors (Lipinski definition) is 0. The van der Waals surface area contributed by atoms with Gasteiger partial charge in [-0.3, -0.25) is 4.99 Å². The molecule has 0 N–H and O–H groups in total. The second kappa shape index (κ2) is 8.45. The number of hydrogen-bond acceptors (Lipinski definition) is 2. The summed E-state index contributed by atoms with van der Waals surface area (Å²) in [6.45, 7) is 0. The van der Waals surface area contributed by atoms with Gasteiger partial charge in [0.15, 0.2) is 0 Å². The van der Waals surface area contributed by atoms with Gasteiger partial charge in [0, 0.05) is 30.2 Å². The Hall–Kier alpha value is -2.52. The van der Waals surface area contributed by atoms with Crippen molar-refractivity contribution < 1.29 is 4.74 Å². The number of nitrogens with zero attached hydrogens (tertiary/aromatic N) is 2. The molecule has 0 bridgehead atoms. The van der Waals surface area contributed by atoms with Gasteiger partial charge in [0.1, 0.15) is 11.5 Å². The van der Waals surface area contributed by atoms with Crippen molar-refractivity contribution in [3.63, 3.8) is 0 Å². The first-order chi connectivity index (χ1) is 13.3. The Bertz CT molecular complexity index is 908. The molecule has 4 rings (SSSR count). The van der Waals surface area contributed by atoms with Crippen LogP contribution < -0.4 is 4.74 Å². The van der Waals surface area contributed by atoms with Crippen molar-refractivity contribution in [2.75, 3.05) is 0 Å². The van der Waals surface area contributed by atoms with Crippen molar-refractivity contribution in [3.05, 3.63) is 77.6 Å². The Morgan fingerprint density at radius 3 is 2.52 bits per heavy atom. The Balaban J connectivity index is 1.39. The minimum atomic E-state index is 0.599. The number of para-hydroxylation sites is 1. The van der Waals surface area contributed by atoms with E-state index in [4.69, 9.17) is 16.3 Å². The summed E-state index contributed by atoms with van der Waals surface area (Å²) in [6, 6.07) is 17.9. The fraction of sp³-hybridized carbons (Fsp3) is 0.261. The van der Waals surface area contributed by atoms with Crippen LogP contribution in [-0.2, 0) is 0 Å². The fourth-order valence-corrected chi connectivity index (χ4v) is 3.69. The van der Waals surface area contributed by atoms with Gasteiger partial charge in [-0.2, -0.15) is 0 Å². The van der Waals surface area contributed by atoms with E-state index in [0.717, 1.165) is 17.0 Å². The summed E-state index contributed by atoms with van der Waals surface area (Å²) in [5, 5.41) is 0.599. The first-order valence-electron chi connectivity index (χ1n) is 9.52. The maximum absolute atomic E-state index is 6.13. The highest BCUT2D eigenvalue weighted by molar-refractivity contribution is 6.32. The lowest BCUT2D eigenvalue weighted by Gasteiger charge is -2.23. The van der Waals surface area contributed by atoms with Crippen LogP contribution in [0.2, 0.25) is 5.02 Å². The molecule has 0 radical (unpaired) electrons. The molecule has 2 aromatic carbocycles. The molecule has 1 fully saturated rings. The van der Waals surface area contributed by atoms with Gasteiger partial charge in [-0.1, -0.05) is 43.0 Å². The number of rotatable bonds is 5. The van der Waals surface area contributed by atoms with Crippen molar-refractivity contribution in [1.82, 2.24) is 4.57 Å². The van der Waals surface area contributed by atoms with E-state index in [1.54, 1.807) is 0 Å². The van der Waals surface area contributed by atoms with Crippen LogP contribution in [0.4, 0.5) is 5.69 Å². The Labute approximate surface area is 165 Å². The van der Waals surface area contributed by atoms with Crippen LogP contribution in [-0.4, -0.2) is 10.8 Å². The van der Waals surface area contributed by atoms with Gasteiger partial charge in [0.2, 0.25) is 0 Å². The Kier molecular flexibility index (Phi) is 5.59. The highest BCUT2D eigenvalue weighted by Gasteiger charge is 2.14. The predicted octanol–water partition coefficient (Wildman–Crippen LogP) is 7.19. The standard InChI is InChI=1S/C23H23ClN2O/c24-22-8-4-5-9-23(22)27-21-12-10-19(11-13-21)25-16-18-14-15-26(17-18)20-6-2-1-3-7-20/h4-5,8-17,20H,1-3,6-7H2. The molecule has 0 aliphatic heterocycles. The normalized spacial score (nSPS) is 15.3. The van der Waals surface area contributed by atoms with Crippen LogP contribution in [0.5, 0.6) is 11.5 Å². The van der Waals surface area contributed by atoms with Crippen LogP contribution >= 0.6 is 11.6 Å². The van der Waals surface area contributed by atoms with Crippen molar-refractivity contribution in [2.24, 2.45) is 4.99 Å². The zero-order chi connectivity index (χ0) is 18.5. The molecule has 1 aliphatic carbocycles. The molecular formula is C23H23ClN2O. The minimum absolute atomic E-state index is 0.599. The van der Waals surface area contributed by atoms with Crippen LogP contribution in [0.3, 0.4) is 0 Å². The molecule has 3 nitrogen and oxygen atoms in total. The third-order valence-electron chi connectivity index (χ3n) is 5.00. The van der Waals surface area contributed by atoms with Gasteiger partial charge < -0.3 is 9.30 Å². The molecule has 0 unspecified atom stereocenters. The van der Waals surface area contributed by atoms with Crippen molar-refractivity contribution >= 4 is 23.5 Å². The molecule has 4 heteroatoms. The molecule has 1 aliphatic rings. The zero-order valence-corrected chi connectivity index (χ0v) is 16.0. The molecular weight excluding hydrogens is 356 g/mol. The summed E-state index contributed by atoms with van der Waals surface area (Å²) in [5.41, 5.74) is 2.03. The van der Waals surface area contributed by atoms with E-state index in [-0.39, 0.29) is 0 Å². The highest BCUT2D eigenvalue weighted by atomic mass is 35.5. The summed E-state index contributed by atoms with van der Waals surface area (Å²) >= 11 is 6.13. The lowest BCUT2D eigenvalue weighted by atomic mass is 9.95. The van der Waals surface area contributed by atoms with Crippen LogP contribution in [0.1, 0.15) is 43.7 Å². The van der Waals surface area contributed by atoms with Crippen molar-refractivity contribution in [3.8, 4) is 11.5 Å². The van der Waals surface area contributed by atoms with E-state index < -0.39 is 0 Å². The van der Waals surface area contributed by atoms with Gasteiger partial charge in [0.25, 0.3) is 0 Å². The molecule has 1 heterocycles. The number of halogens is 1. The zero-order valence-electron chi connectivity index (χ0n) is 15.2. The molecule has 1 saturated carbocycles. The van der Waals surface area contributed by atoms with E-state index >= 15 is 0 Å². The first-order valence-corrected chi connectivity index (χ1v) is 9.90. The van der Waals surface area contributed by atoms with Gasteiger partial charge in [-0.05, 0) is 55.3 Å². The predicted molar refractivity (Wildman–Crippen MR) is 112 cm³/mol. The summed E-state index contributed by atoms with van der Waals surface area (Å²) in [4.78, 5) is 4.58. The Morgan fingerprint density at radius 1 is 0.963 bits per heavy atom. The second-order valence-corrected chi connectivity index (χ2v) is 7.38. The molecule has 0 spiro atoms. The van der Waals surface area contributed by atoms with E-state index in [9.17, 15) is 0 Å². The van der Waals surface area contributed by atoms with Gasteiger partial charge in [0.05, 0.1) is 10.7 Å². The summed E-state index contributed by atoms with van der Waals surface area (Å²) in [7, 11) is 0. The molecule has 0 atom stereocenters. The maximum atomic E-state index is 6.13. The molecule has 0 saturated heterocycles. The number of aliphatic imine (C=N–C) groups is 1. The summed E-state index contributed by atoms with van der Waals surface area (Å²) in [6.07, 6.45) is 12.9. The topological polar surface area (TPSA) is 26.5 Å². The number of aromatic nitrogens is 1. The molecule has 27 heavy (non-hydrogen) atoms. The minimum Gasteiger partial charge on any atom is -0.456 e. The van der Waals surface area contributed by atoms with E-state index in [1.807, 2.05) is 54.7 Å². The monoisotopic (exact) mass is 378 g/mol. The van der Waals surface area contributed by atoms with Crippen LogP contribution in [0.25, 0.3) is 0 Å². The largest absolute Gasteiger partial charge is 0.456 e. The lowest BCUT2D eigenvalue weighted by molar-refractivity contribution is 0.354. The van der Waals surface area contributed by atoms with Crippen LogP contribution in [0.15, 0.2) is 72.0 Å². The van der Waals surface area contributed by atoms with Gasteiger partial charge >= 0.3 is 0 Å². The highest BCUT2D eigenvalue weighted by Crippen LogP contribution is 2.30. The first kappa shape index (κ1) is 17.9. The van der Waals surface area contributed by atoms with E-state index in [0.29, 0.717) is 16.8 Å². The smallest absolute Gasteiger partial charge is 0.146 e. The molecule has 0 amide bonds. The van der Waals surface area contributed by atoms with E-state index in [1.165, 1.54) is 32.1 Å². The van der Waals surface area contributed by atoms with Crippen molar-refractivity contribution in [1.29, 1.82) is 0 Å². The fourth-order valence-electron chi connectivity index (χ4n) is 3.52. The second-order valence-electron chi connectivity index (χ2n) is 6.97. The average molecular weight is 379 g/mol. The third kappa shape index (κ3) is 4.61. The molecule has 138 valence electrons. The Morgan fingerprint density at radius 2 is 1.74 bits per heavy atom. The number of benzene rings is 2. The van der Waals surface area contributed by atoms with Gasteiger partial charge in [-0.15, -0.1) is 0 Å². The number of ether oxygens (including phenoxy) is 1. The SMILES string of the molecule is Clc1ccccc1Oc1ccc(N=Cc2ccn(C3CCCCC3)c2)cc1. The average Bonchev–Trinajstić information content (AvgIpc) is 3.19. The van der Waals surface area contributed by atoms with Crippen LogP contribution in [0, 0.1) is 0 Å². The van der Waals surface area contributed by atoms with E-state index in [2.05, 4.69) is 28.0 Å².